The van der Waals surface area contributed by atoms with Crippen molar-refractivity contribution in [2.75, 3.05) is 32.4 Å². The molecule has 1 N–H and O–H groups in total. The number of sulfone groups is 1. The van der Waals surface area contributed by atoms with Gasteiger partial charge in [0.05, 0.1) is 9.54 Å². The van der Waals surface area contributed by atoms with Gasteiger partial charge in [0.1, 0.15) is 4.21 Å². The summed E-state index contributed by atoms with van der Waals surface area (Å²) in [5.74, 6) is 0.184. The Morgan fingerprint density at radius 2 is 2.35 bits per heavy atom. The molecule has 1 aromatic heterocycles. The summed E-state index contributed by atoms with van der Waals surface area (Å²) >= 11 is 4.57. The van der Waals surface area contributed by atoms with Crippen molar-refractivity contribution in [3.8, 4) is 0 Å². The summed E-state index contributed by atoms with van der Waals surface area (Å²) in [5, 5.41) is 3.23. The molecule has 1 unspecified atom stereocenters. The van der Waals surface area contributed by atoms with Crippen molar-refractivity contribution >= 4 is 37.1 Å². The van der Waals surface area contributed by atoms with Crippen molar-refractivity contribution in [2.45, 2.75) is 10.3 Å². The Bertz CT molecular complexity index is 486. The largest absolute Gasteiger partial charge is 0.314 e. The molecule has 2 rings (SSSR count). The highest BCUT2D eigenvalue weighted by atomic mass is 79.9. The number of thiophene rings is 1. The van der Waals surface area contributed by atoms with E-state index in [1.165, 1.54) is 11.3 Å². The molecule has 7 heteroatoms. The van der Waals surface area contributed by atoms with Gasteiger partial charge in [0.15, 0.2) is 9.84 Å². The second kappa shape index (κ2) is 5.36. The van der Waals surface area contributed by atoms with Crippen LogP contribution in [0.15, 0.2) is 20.1 Å². The van der Waals surface area contributed by atoms with Crippen LogP contribution in [0.25, 0.3) is 0 Å². The van der Waals surface area contributed by atoms with Crippen LogP contribution in [0.3, 0.4) is 0 Å². The Morgan fingerprint density at radius 3 is 2.94 bits per heavy atom. The number of nitrogens with one attached hydrogen (secondary N) is 1. The molecule has 0 amide bonds. The maximum absolute atomic E-state index is 12.2. The summed E-state index contributed by atoms with van der Waals surface area (Å²) in [6.07, 6.45) is 0. The van der Waals surface area contributed by atoms with E-state index in [-0.39, 0.29) is 11.8 Å². The van der Waals surface area contributed by atoms with Gasteiger partial charge >= 0.3 is 0 Å². The van der Waals surface area contributed by atoms with E-state index >= 15 is 0 Å². The minimum atomic E-state index is -3.17. The zero-order chi connectivity index (χ0) is 12.5. The lowest BCUT2D eigenvalue weighted by Crippen LogP contribution is -2.52. The highest BCUT2D eigenvalue weighted by Crippen LogP contribution is 2.27. The van der Waals surface area contributed by atoms with E-state index < -0.39 is 9.84 Å². The van der Waals surface area contributed by atoms with Crippen LogP contribution < -0.4 is 5.32 Å². The third-order valence-corrected chi connectivity index (χ3v) is 6.91. The summed E-state index contributed by atoms with van der Waals surface area (Å²) < 4.78 is 25.7. The van der Waals surface area contributed by atoms with Crippen LogP contribution >= 0.6 is 27.3 Å². The van der Waals surface area contributed by atoms with Crippen LogP contribution in [-0.4, -0.2) is 51.8 Å². The van der Waals surface area contributed by atoms with Crippen LogP contribution in [0.4, 0.5) is 0 Å². The van der Waals surface area contributed by atoms with Gasteiger partial charge < -0.3 is 5.32 Å². The topological polar surface area (TPSA) is 49.4 Å². The molecule has 0 saturated carbocycles. The Hall–Kier alpha value is 0.0500. The summed E-state index contributed by atoms with van der Waals surface area (Å²) in [5.41, 5.74) is 0. The zero-order valence-corrected chi connectivity index (χ0v) is 12.7. The van der Waals surface area contributed by atoms with Gasteiger partial charge in [-0.1, -0.05) is 0 Å². The predicted molar refractivity (Wildman–Crippen MR) is 73.4 cm³/mol. The number of halogens is 1. The van der Waals surface area contributed by atoms with E-state index in [1.807, 2.05) is 7.05 Å². The molecular weight excluding hydrogens is 324 g/mol. The minimum absolute atomic E-state index is 0.0645. The molecule has 17 heavy (non-hydrogen) atoms. The van der Waals surface area contributed by atoms with Crippen molar-refractivity contribution in [1.82, 2.24) is 10.2 Å². The van der Waals surface area contributed by atoms with Crippen LogP contribution in [0.1, 0.15) is 0 Å². The number of likely N-dealkylation sites (N-methyl/N-ethyl adjacent to an activating group) is 1. The van der Waals surface area contributed by atoms with Crippen molar-refractivity contribution in [1.29, 1.82) is 0 Å². The predicted octanol–water partition coefficient (Wildman–Crippen LogP) is 1.19. The lowest BCUT2D eigenvalue weighted by Gasteiger charge is -2.32. The number of hydrogen-bond acceptors (Lipinski definition) is 5. The summed E-state index contributed by atoms with van der Waals surface area (Å²) in [7, 11) is -1.19. The Labute approximate surface area is 114 Å². The minimum Gasteiger partial charge on any atom is -0.314 e. The lowest BCUT2D eigenvalue weighted by atomic mass is 10.2. The smallest absolute Gasteiger partial charge is 0.189 e. The molecule has 1 saturated heterocycles. The molecule has 1 fully saturated rings. The number of piperazine rings is 1. The van der Waals surface area contributed by atoms with Gasteiger partial charge in [0, 0.05) is 25.7 Å². The standard InChI is InChI=1S/C10H15BrN2O2S2/c1-13-5-4-12-6-8(13)7-17(14,15)10-3-2-9(11)16-10/h2-3,8,12H,4-7H2,1H3. The molecule has 1 aromatic rings. The third-order valence-electron chi connectivity index (χ3n) is 2.91. The van der Waals surface area contributed by atoms with E-state index in [4.69, 9.17) is 0 Å². The molecule has 0 aromatic carbocycles. The van der Waals surface area contributed by atoms with Gasteiger partial charge in [-0.15, -0.1) is 11.3 Å². The average Bonchev–Trinajstić information content (AvgIpc) is 2.69. The van der Waals surface area contributed by atoms with Gasteiger partial charge in [0.2, 0.25) is 0 Å². The maximum Gasteiger partial charge on any atom is 0.189 e. The van der Waals surface area contributed by atoms with Crippen molar-refractivity contribution in [3.63, 3.8) is 0 Å². The molecule has 1 aliphatic heterocycles. The summed E-state index contributed by atoms with van der Waals surface area (Å²) in [4.78, 5) is 2.11. The van der Waals surface area contributed by atoms with Crippen molar-refractivity contribution in [3.05, 3.63) is 15.9 Å². The molecule has 0 aliphatic carbocycles. The highest BCUT2D eigenvalue weighted by Gasteiger charge is 2.27. The normalized spacial score (nSPS) is 22.8. The van der Waals surface area contributed by atoms with Gasteiger partial charge in [-0.05, 0) is 35.1 Å². The Morgan fingerprint density at radius 1 is 1.59 bits per heavy atom. The average molecular weight is 339 g/mol. The van der Waals surface area contributed by atoms with Crippen LogP contribution in [0, 0.1) is 0 Å². The van der Waals surface area contributed by atoms with E-state index in [2.05, 4.69) is 26.1 Å². The van der Waals surface area contributed by atoms with Gasteiger partial charge in [0.25, 0.3) is 0 Å². The highest BCUT2D eigenvalue weighted by molar-refractivity contribution is 9.11. The first-order valence-corrected chi connectivity index (χ1v) is 8.64. The van der Waals surface area contributed by atoms with Crippen LogP contribution in [0.5, 0.6) is 0 Å². The molecule has 2 heterocycles. The quantitative estimate of drug-likeness (QED) is 0.899. The van der Waals surface area contributed by atoms with Crippen molar-refractivity contribution < 1.29 is 8.42 Å². The van der Waals surface area contributed by atoms with Gasteiger partial charge in [-0.2, -0.15) is 0 Å². The second-order valence-electron chi connectivity index (χ2n) is 4.18. The monoisotopic (exact) mass is 338 g/mol. The Balaban J connectivity index is 2.11. The molecular formula is C10H15BrN2O2S2. The SMILES string of the molecule is CN1CCNCC1CS(=O)(=O)c1ccc(Br)s1. The Kier molecular flexibility index (Phi) is 4.25. The molecule has 4 nitrogen and oxygen atoms in total. The van der Waals surface area contributed by atoms with E-state index in [0.29, 0.717) is 4.21 Å². The summed E-state index contributed by atoms with van der Waals surface area (Å²) in [6, 6.07) is 3.51. The number of hydrogen-bond donors (Lipinski definition) is 1. The molecule has 0 bridgehead atoms. The summed E-state index contributed by atoms with van der Waals surface area (Å²) in [6.45, 7) is 2.56. The van der Waals surface area contributed by atoms with E-state index in [1.54, 1.807) is 12.1 Å². The third kappa shape index (κ3) is 3.29. The first-order valence-electron chi connectivity index (χ1n) is 5.38. The van der Waals surface area contributed by atoms with Gasteiger partial charge in [-0.25, -0.2) is 8.42 Å². The fourth-order valence-corrected chi connectivity index (χ4v) is 5.59. The first kappa shape index (κ1) is 13.5. The fourth-order valence-electron chi connectivity index (χ4n) is 1.85. The van der Waals surface area contributed by atoms with Gasteiger partial charge in [-0.3, -0.25) is 4.90 Å². The van der Waals surface area contributed by atoms with E-state index in [0.717, 1.165) is 23.4 Å². The zero-order valence-electron chi connectivity index (χ0n) is 9.52. The molecule has 0 spiro atoms. The molecule has 96 valence electrons. The fraction of sp³-hybridized carbons (Fsp3) is 0.600. The lowest BCUT2D eigenvalue weighted by molar-refractivity contribution is 0.216. The number of rotatable bonds is 3. The first-order chi connectivity index (χ1) is 7.99. The van der Waals surface area contributed by atoms with E-state index in [9.17, 15) is 8.42 Å². The molecule has 0 radical (unpaired) electrons. The van der Waals surface area contributed by atoms with Crippen LogP contribution in [-0.2, 0) is 9.84 Å². The van der Waals surface area contributed by atoms with Crippen molar-refractivity contribution in [2.24, 2.45) is 0 Å². The molecule has 1 aliphatic rings. The number of nitrogens with zero attached hydrogens (tertiary/aromatic N) is 1. The van der Waals surface area contributed by atoms with Crippen LogP contribution in [0.2, 0.25) is 0 Å². The maximum atomic E-state index is 12.2. The second-order valence-corrected chi connectivity index (χ2v) is 8.90. The molecule has 1 atom stereocenters.